The predicted molar refractivity (Wildman–Crippen MR) is 127 cm³/mol. The fraction of sp³-hybridized carbons (Fsp3) is 0.143. The fourth-order valence-corrected chi connectivity index (χ4v) is 1.69. The number of phosphoric acid groups is 1. The second-order valence-corrected chi connectivity index (χ2v) is 6.29. The summed E-state index contributed by atoms with van der Waals surface area (Å²) < 4.78 is 24.2. The van der Waals surface area contributed by atoms with Crippen LogP contribution in [0.25, 0.3) is 0 Å². The molecule has 0 spiro atoms. The van der Waals surface area contributed by atoms with Crippen molar-refractivity contribution in [3.63, 3.8) is 0 Å². The van der Waals surface area contributed by atoms with Gasteiger partial charge in [-0.1, -0.05) is 5.92 Å². The van der Waals surface area contributed by atoms with Crippen LogP contribution >= 0.6 is 7.82 Å². The Morgan fingerprint density at radius 2 is 1.10 bits per heavy atom. The van der Waals surface area contributed by atoms with Crippen molar-refractivity contribution in [2.75, 3.05) is 13.2 Å². The van der Waals surface area contributed by atoms with Gasteiger partial charge in [0.25, 0.3) is 0 Å². The van der Waals surface area contributed by atoms with E-state index >= 15 is 0 Å². The van der Waals surface area contributed by atoms with Crippen LogP contribution in [0.4, 0.5) is 0 Å². The third-order valence-corrected chi connectivity index (χ3v) is 3.02. The number of hydrogen-bond donors (Lipinski definition) is 0. The molecule has 0 aromatic carbocycles. The molecule has 0 rings (SSSR count). The maximum Gasteiger partial charge on any atom is 1.00 e. The molecule has 0 aliphatic carbocycles. The summed E-state index contributed by atoms with van der Waals surface area (Å²) in [5.74, 6) is 45.5. The molecule has 0 saturated heterocycles. The maximum atomic E-state index is 11.8. The van der Waals surface area contributed by atoms with Crippen molar-refractivity contribution in [2.24, 2.45) is 0 Å². The van der Waals surface area contributed by atoms with Gasteiger partial charge >= 0.3 is 71.1 Å². The van der Waals surface area contributed by atoms with E-state index in [4.69, 9.17) is 15.9 Å². The molecular weight excluding hydrogens is 541 g/mol. The molecule has 0 radical (unpaired) electrons. The molecule has 0 bridgehead atoms. The molecule has 0 amide bonds. The van der Waals surface area contributed by atoms with Crippen molar-refractivity contribution in [1.82, 2.24) is 0 Å². The monoisotopic (exact) mass is 550 g/mol. The second kappa shape index (κ2) is 27.3. The van der Waals surface area contributed by atoms with E-state index in [2.05, 4.69) is 117 Å². The molecular formula is C28H9Na2O8P. The van der Waals surface area contributed by atoms with Gasteiger partial charge < -0.3 is 28.3 Å². The number of esters is 2. The molecule has 0 aliphatic rings. The van der Waals surface area contributed by atoms with E-state index in [-0.39, 0.29) is 59.1 Å². The summed E-state index contributed by atoms with van der Waals surface area (Å²) in [4.78, 5) is 44.7. The minimum Gasteiger partial charge on any atom is -0.790 e. The average Bonchev–Trinajstić information content (AvgIpc) is 2.85. The van der Waals surface area contributed by atoms with Crippen molar-refractivity contribution in [3.05, 3.63) is 0 Å². The largest absolute Gasteiger partial charge is 1.00 e. The molecule has 0 unspecified atom stereocenters. The summed E-state index contributed by atoms with van der Waals surface area (Å²) in [6, 6.07) is 0. The van der Waals surface area contributed by atoms with Gasteiger partial charge in [-0.25, -0.2) is 9.59 Å². The third-order valence-electron chi connectivity index (χ3n) is 2.56. The Morgan fingerprint density at radius 3 is 1.54 bits per heavy atom. The number of terminal acetylenes is 1. The molecule has 0 fully saturated rings. The second-order valence-electron chi connectivity index (χ2n) is 5.14. The normalized spacial score (nSPS) is 7.44. The minimum atomic E-state index is -5.40. The van der Waals surface area contributed by atoms with Crippen LogP contribution in [0.15, 0.2) is 0 Å². The van der Waals surface area contributed by atoms with E-state index in [0.29, 0.717) is 0 Å². The van der Waals surface area contributed by atoms with Gasteiger partial charge in [-0.2, -0.15) is 0 Å². The summed E-state index contributed by atoms with van der Waals surface area (Å²) in [7, 11) is -5.40. The number of carbonyl (C=O) groups is 2. The number of phosphoric ester groups is 1. The maximum absolute atomic E-state index is 11.8. The van der Waals surface area contributed by atoms with Crippen LogP contribution < -0.4 is 68.9 Å². The zero-order valence-electron chi connectivity index (χ0n) is 20.8. The smallest absolute Gasteiger partial charge is 0.790 e. The Hall–Kier alpha value is -3.79. The van der Waals surface area contributed by atoms with Gasteiger partial charge in [0.1, 0.15) is 6.61 Å². The van der Waals surface area contributed by atoms with Crippen LogP contribution in [0.5, 0.6) is 0 Å². The molecule has 176 valence electrons. The van der Waals surface area contributed by atoms with Crippen molar-refractivity contribution in [1.29, 1.82) is 0 Å². The first-order valence-corrected chi connectivity index (χ1v) is 10.7. The van der Waals surface area contributed by atoms with Gasteiger partial charge in [0, 0.05) is 11.8 Å². The predicted octanol–water partition coefficient (Wildman–Crippen LogP) is -8.02. The molecule has 0 saturated carbocycles. The third kappa shape index (κ3) is 30.3. The summed E-state index contributed by atoms with van der Waals surface area (Å²) in [6.45, 7) is -0.0393. The number of rotatable bonds is 6. The van der Waals surface area contributed by atoms with Gasteiger partial charge in [-0.3, -0.25) is 0 Å². The van der Waals surface area contributed by atoms with Crippen LogP contribution in [-0.2, 0) is 28.2 Å². The zero-order valence-corrected chi connectivity index (χ0v) is 25.7. The van der Waals surface area contributed by atoms with Crippen LogP contribution in [0, 0.1) is 131 Å². The molecule has 0 aromatic heterocycles. The van der Waals surface area contributed by atoms with Crippen LogP contribution in [0.3, 0.4) is 0 Å². The fourth-order valence-electron chi connectivity index (χ4n) is 1.35. The van der Waals surface area contributed by atoms with Gasteiger partial charge in [0.2, 0.25) is 0 Å². The molecule has 11 heteroatoms. The van der Waals surface area contributed by atoms with Crippen LogP contribution in [-0.4, -0.2) is 31.3 Å². The minimum absolute atomic E-state index is 0. The Labute approximate surface area is 271 Å². The first-order valence-electron chi connectivity index (χ1n) is 9.22. The van der Waals surface area contributed by atoms with Crippen LogP contribution in [0.2, 0.25) is 0 Å². The van der Waals surface area contributed by atoms with Crippen molar-refractivity contribution in [2.45, 2.75) is 13.0 Å². The molecule has 39 heavy (non-hydrogen) atoms. The average molecular weight is 550 g/mol. The molecule has 0 heterocycles. The Balaban J connectivity index is -0.00000648. The Kier molecular flexibility index (Phi) is 27.8. The van der Waals surface area contributed by atoms with Gasteiger partial charge in [-0.15, -0.1) is 6.42 Å². The summed E-state index contributed by atoms with van der Waals surface area (Å²) in [5.41, 5.74) is 0. The van der Waals surface area contributed by atoms with E-state index in [1.165, 1.54) is 0 Å². The van der Waals surface area contributed by atoms with E-state index in [1.54, 1.807) is 6.92 Å². The first-order chi connectivity index (χ1) is 17.8. The van der Waals surface area contributed by atoms with Crippen molar-refractivity contribution in [3.8, 4) is 131 Å². The molecule has 0 aliphatic heterocycles. The molecule has 0 aromatic rings. The summed E-state index contributed by atoms with van der Waals surface area (Å²) in [6.07, 6.45) is 3.40. The van der Waals surface area contributed by atoms with E-state index in [9.17, 15) is 23.9 Å². The van der Waals surface area contributed by atoms with Crippen molar-refractivity contribution < 1.29 is 97.1 Å². The van der Waals surface area contributed by atoms with E-state index < -0.39 is 39.1 Å². The zero-order chi connectivity index (χ0) is 27.6. The topological polar surface area (TPSA) is 125 Å². The quantitative estimate of drug-likeness (QED) is 0.105. The standard InChI is InChI=1S/C28H11O8P.2Na/c1-3-5-7-9-11-12-13-14-15-17-19-21-23-28(30)36-26(25-35-37(31,32)33)24-34-27(29)22-20-18-16-10-8-6-4-2;;/h1,26H,24-25H2,2H3,(H2,31,32,33);;/q;2*+1/p-2/t26-;;/m1../s1. The van der Waals surface area contributed by atoms with Gasteiger partial charge in [0.15, 0.2) is 6.10 Å². The SMILES string of the molecule is C#CC#CC#CC#CC#CC#CC#CC(=O)O[C@H](COC(=O)C#CC#CC#CC#CC)COP(=O)([O-])[O-].[Na+].[Na+]. The molecule has 8 nitrogen and oxygen atoms in total. The van der Waals surface area contributed by atoms with Gasteiger partial charge in [0.05, 0.1) is 14.4 Å². The molecule has 1 atom stereocenters. The van der Waals surface area contributed by atoms with Gasteiger partial charge in [-0.05, 0) is 113 Å². The first kappa shape index (κ1) is 39.7. The van der Waals surface area contributed by atoms with E-state index in [1.807, 2.05) is 11.8 Å². The van der Waals surface area contributed by atoms with E-state index in [0.717, 1.165) is 0 Å². The number of carbonyl (C=O) groups excluding carboxylic acids is 2. The number of hydrogen-bond acceptors (Lipinski definition) is 8. The van der Waals surface area contributed by atoms with Crippen molar-refractivity contribution >= 4 is 19.8 Å². The summed E-state index contributed by atoms with van der Waals surface area (Å²) >= 11 is 0. The molecule has 0 N–H and O–H groups in total. The Morgan fingerprint density at radius 1 is 0.692 bits per heavy atom. The van der Waals surface area contributed by atoms with Crippen LogP contribution in [0.1, 0.15) is 6.92 Å². The Bertz CT molecular complexity index is 1630. The number of ether oxygens (including phenoxy) is 2. The summed E-state index contributed by atoms with van der Waals surface area (Å²) in [5, 5.41) is 0.